The SMILES string of the molecule is Cn1cc(N2CCC3(CCN(C4CCOCC4)C3)C2=O)cn1. The van der Waals surface area contributed by atoms with Gasteiger partial charge in [-0.1, -0.05) is 0 Å². The summed E-state index contributed by atoms with van der Waals surface area (Å²) in [7, 11) is 1.89. The van der Waals surface area contributed by atoms with Crippen molar-refractivity contribution in [3.63, 3.8) is 0 Å². The van der Waals surface area contributed by atoms with Gasteiger partial charge in [-0.15, -0.1) is 0 Å². The molecule has 1 unspecified atom stereocenters. The first-order valence-corrected chi connectivity index (χ1v) is 8.30. The van der Waals surface area contributed by atoms with Crippen LogP contribution in [-0.4, -0.2) is 59.5 Å². The molecule has 1 spiro atoms. The number of hydrogen-bond donors (Lipinski definition) is 0. The lowest BCUT2D eigenvalue weighted by molar-refractivity contribution is -0.125. The van der Waals surface area contributed by atoms with Crippen molar-refractivity contribution in [2.24, 2.45) is 12.5 Å². The third-order valence-corrected chi connectivity index (χ3v) is 5.61. The molecule has 3 fully saturated rings. The third-order valence-electron chi connectivity index (χ3n) is 5.61. The molecular formula is C16H24N4O2. The van der Waals surface area contributed by atoms with E-state index >= 15 is 0 Å². The molecule has 22 heavy (non-hydrogen) atoms. The normalized spacial score (nSPS) is 30.8. The molecule has 6 nitrogen and oxygen atoms in total. The zero-order valence-electron chi connectivity index (χ0n) is 13.2. The van der Waals surface area contributed by atoms with Crippen molar-refractivity contribution in [1.29, 1.82) is 0 Å². The summed E-state index contributed by atoms with van der Waals surface area (Å²) in [6.07, 6.45) is 7.91. The van der Waals surface area contributed by atoms with Crippen molar-refractivity contribution in [3.05, 3.63) is 12.4 Å². The number of carbonyl (C=O) groups is 1. The van der Waals surface area contributed by atoms with Gasteiger partial charge < -0.3 is 9.64 Å². The van der Waals surface area contributed by atoms with E-state index in [1.54, 1.807) is 10.9 Å². The van der Waals surface area contributed by atoms with E-state index in [2.05, 4.69) is 10.00 Å². The second kappa shape index (κ2) is 5.35. The lowest BCUT2D eigenvalue weighted by Crippen LogP contribution is -2.41. The van der Waals surface area contributed by atoms with Gasteiger partial charge in [-0.25, -0.2) is 0 Å². The van der Waals surface area contributed by atoms with Gasteiger partial charge in [0.2, 0.25) is 5.91 Å². The van der Waals surface area contributed by atoms with E-state index in [0.29, 0.717) is 11.9 Å². The van der Waals surface area contributed by atoms with Crippen LogP contribution in [0.2, 0.25) is 0 Å². The fourth-order valence-electron chi connectivity index (χ4n) is 4.26. The Morgan fingerprint density at radius 3 is 2.77 bits per heavy atom. The molecule has 3 aliphatic rings. The molecule has 0 aliphatic carbocycles. The summed E-state index contributed by atoms with van der Waals surface area (Å²) in [6, 6.07) is 0.605. The number of anilines is 1. The van der Waals surface area contributed by atoms with Gasteiger partial charge in [0.05, 0.1) is 17.3 Å². The van der Waals surface area contributed by atoms with E-state index in [9.17, 15) is 4.79 Å². The summed E-state index contributed by atoms with van der Waals surface area (Å²) in [5, 5.41) is 4.20. The first-order valence-electron chi connectivity index (χ1n) is 8.30. The zero-order valence-corrected chi connectivity index (χ0v) is 13.2. The van der Waals surface area contributed by atoms with Crippen molar-refractivity contribution in [2.75, 3.05) is 37.7 Å². The smallest absolute Gasteiger partial charge is 0.234 e. The van der Waals surface area contributed by atoms with E-state index in [-0.39, 0.29) is 5.41 Å². The summed E-state index contributed by atoms with van der Waals surface area (Å²) >= 11 is 0. The minimum absolute atomic E-state index is 0.159. The average molecular weight is 304 g/mol. The van der Waals surface area contributed by atoms with Crippen LogP contribution in [-0.2, 0) is 16.6 Å². The maximum atomic E-state index is 13.0. The summed E-state index contributed by atoms with van der Waals surface area (Å²) in [5.74, 6) is 0.301. The van der Waals surface area contributed by atoms with Gasteiger partial charge in [0.25, 0.3) is 0 Å². The van der Waals surface area contributed by atoms with Crippen molar-refractivity contribution in [3.8, 4) is 0 Å². The van der Waals surface area contributed by atoms with Gasteiger partial charge in [-0.3, -0.25) is 14.4 Å². The van der Waals surface area contributed by atoms with Gasteiger partial charge in [-0.05, 0) is 32.2 Å². The van der Waals surface area contributed by atoms with E-state index < -0.39 is 0 Å². The number of rotatable bonds is 2. The Morgan fingerprint density at radius 2 is 2.05 bits per heavy atom. The lowest BCUT2D eigenvalue weighted by atomic mass is 9.85. The Morgan fingerprint density at radius 1 is 1.27 bits per heavy atom. The molecule has 0 N–H and O–H groups in total. The standard InChI is InChI=1S/C16H24N4O2/c1-18-11-14(10-17-18)20-7-5-16(15(20)21)4-6-19(12-16)13-2-8-22-9-3-13/h10-11,13H,2-9,12H2,1H3. The summed E-state index contributed by atoms with van der Waals surface area (Å²) in [4.78, 5) is 17.5. The predicted octanol–water partition coefficient (Wildman–Crippen LogP) is 1.03. The van der Waals surface area contributed by atoms with Crippen molar-refractivity contribution in [1.82, 2.24) is 14.7 Å². The number of likely N-dealkylation sites (tertiary alicyclic amines) is 1. The number of aryl methyl sites for hydroxylation is 1. The molecule has 3 aliphatic heterocycles. The molecule has 4 heterocycles. The molecule has 4 rings (SSSR count). The van der Waals surface area contributed by atoms with Crippen LogP contribution in [0.4, 0.5) is 5.69 Å². The second-order valence-electron chi connectivity index (χ2n) is 6.92. The molecule has 1 aromatic rings. The van der Waals surface area contributed by atoms with Crippen LogP contribution in [0.1, 0.15) is 25.7 Å². The molecular weight excluding hydrogens is 280 g/mol. The largest absolute Gasteiger partial charge is 0.381 e. The van der Waals surface area contributed by atoms with E-state index in [1.807, 2.05) is 18.1 Å². The minimum Gasteiger partial charge on any atom is -0.381 e. The fourth-order valence-corrected chi connectivity index (χ4v) is 4.26. The number of hydrogen-bond acceptors (Lipinski definition) is 4. The van der Waals surface area contributed by atoms with Crippen LogP contribution in [0.25, 0.3) is 0 Å². The molecule has 0 bridgehead atoms. The van der Waals surface area contributed by atoms with Crippen molar-refractivity contribution in [2.45, 2.75) is 31.7 Å². The quantitative estimate of drug-likeness (QED) is 0.819. The molecule has 1 atom stereocenters. The Labute approximate surface area is 131 Å². The van der Waals surface area contributed by atoms with Crippen LogP contribution < -0.4 is 4.90 Å². The molecule has 6 heteroatoms. The molecule has 3 saturated heterocycles. The van der Waals surface area contributed by atoms with E-state index in [0.717, 1.165) is 64.2 Å². The predicted molar refractivity (Wildman–Crippen MR) is 82.6 cm³/mol. The van der Waals surface area contributed by atoms with Gasteiger partial charge in [-0.2, -0.15) is 5.10 Å². The number of nitrogens with zero attached hydrogens (tertiary/aromatic N) is 4. The highest BCUT2D eigenvalue weighted by Crippen LogP contribution is 2.43. The molecule has 1 amide bonds. The summed E-state index contributed by atoms with van der Waals surface area (Å²) < 4.78 is 7.22. The van der Waals surface area contributed by atoms with E-state index in [1.165, 1.54) is 0 Å². The number of aromatic nitrogens is 2. The maximum Gasteiger partial charge on any atom is 0.234 e. The number of ether oxygens (including phenoxy) is 1. The van der Waals surface area contributed by atoms with Gasteiger partial charge in [0.15, 0.2) is 0 Å². The van der Waals surface area contributed by atoms with Gasteiger partial charge in [0.1, 0.15) is 0 Å². The zero-order chi connectivity index (χ0) is 15.2. The van der Waals surface area contributed by atoms with Crippen molar-refractivity contribution >= 4 is 11.6 Å². The minimum atomic E-state index is -0.159. The highest BCUT2D eigenvalue weighted by atomic mass is 16.5. The Hall–Kier alpha value is -1.40. The average Bonchev–Trinajstić information content (AvgIpc) is 3.23. The first-order chi connectivity index (χ1) is 10.7. The second-order valence-corrected chi connectivity index (χ2v) is 6.92. The number of amides is 1. The Balaban J connectivity index is 1.48. The summed E-state index contributed by atoms with van der Waals surface area (Å²) in [6.45, 7) is 4.53. The van der Waals surface area contributed by atoms with Crippen molar-refractivity contribution < 1.29 is 9.53 Å². The van der Waals surface area contributed by atoms with Crippen LogP contribution in [0, 0.1) is 5.41 Å². The number of carbonyl (C=O) groups excluding carboxylic acids is 1. The molecule has 1 aromatic heterocycles. The topological polar surface area (TPSA) is 50.6 Å². The van der Waals surface area contributed by atoms with Crippen LogP contribution >= 0.6 is 0 Å². The molecule has 0 saturated carbocycles. The van der Waals surface area contributed by atoms with Crippen LogP contribution in [0.15, 0.2) is 12.4 Å². The molecule has 0 radical (unpaired) electrons. The Kier molecular flexibility index (Phi) is 3.46. The summed E-state index contributed by atoms with van der Waals surface area (Å²) in [5.41, 5.74) is 0.780. The fraction of sp³-hybridized carbons (Fsp3) is 0.750. The van der Waals surface area contributed by atoms with Gasteiger partial charge >= 0.3 is 0 Å². The maximum absolute atomic E-state index is 13.0. The highest BCUT2D eigenvalue weighted by Gasteiger charge is 2.52. The third kappa shape index (κ3) is 2.25. The van der Waals surface area contributed by atoms with Crippen LogP contribution in [0.5, 0.6) is 0 Å². The van der Waals surface area contributed by atoms with Gasteiger partial charge in [0, 0.05) is 45.6 Å². The molecule has 120 valence electrons. The first kappa shape index (κ1) is 14.2. The molecule has 0 aromatic carbocycles. The van der Waals surface area contributed by atoms with Crippen LogP contribution in [0.3, 0.4) is 0 Å². The Bertz CT molecular complexity index is 566. The lowest BCUT2D eigenvalue weighted by Gasteiger charge is -2.32. The highest BCUT2D eigenvalue weighted by molar-refractivity contribution is 6.00. The van der Waals surface area contributed by atoms with E-state index in [4.69, 9.17) is 4.74 Å². The monoisotopic (exact) mass is 304 g/mol.